The van der Waals surface area contributed by atoms with Crippen LogP contribution in [0.25, 0.3) is 0 Å². The highest BCUT2D eigenvalue weighted by atomic mass is 19.1. The predicted molar refractivity (Wildman–Crippen MR) is 77.2 cm³/mol. The van der Waals surface area contributed by atoms with Gasteiger partial charge in [-0.05, 0) is 37.6 Å². The Hall–Kier alpha value is -2.74. The molecule has 0 saturated heterocycles. The van der Waals surface area contributed by atoms with Gasteiger partial charge < -0.3 is 5.32 Å². The minimum Gasteiger partial charge on any atom is -0.322 e. The Bertz CT molecular complexity index is 702. The van der Waals surface area contributed by atoms with Crippen molar-refractivity contribution in [3.8, 4) is 6.07 Å². The van der Waals surface area contributed by atoms with Gasteiger partial charge >= 0.3 is 0 Å². The minimum atomic E-state index is -0.700. The summed E-state index contributed by atoms with van der Waals surface area (Å²) in [5, 5.41) is 11.7. The maximum Gasteiger partial charge on any atom is 0.255 e. The standard InChI is InChI=1S/C16H14FN3O/c1-16(2,10-18)12-3-5-13(6-4-12)20-15(21)11-7-8-19-14(17)9-11/h3-9H,1-2H3,(H,20,21). The van der Waals surface area contributed by atoms with Crippen molar-refractivity contribution in [3.63, 3.8) is 0 Å². The monoisotopic (exact) mass is 283 g/mol. The van der Waals surface area contributed by atoms with E-state index in [-0.39, 0.29) is 5.56 Å². The van der Waals surface area contributed by atoms with Crippen molar-refractivity contribution in [1.29, 1.82) is 5.26 Å². The van der Waals surface area contributed by atoms with Crippen molar-refractivity contribution < 1.29 is 9.18 Å². The molecule has 0 unspecified atom stereocenters. The summed E-state index contributed by atoms with van der Waals surface area (Å²) in [5.74, 6) is -1.11. The van der Waals surface area contributed by atoms with Gasteiger partial charge in [-0.1, -0.05) is 12.1 Å². The minimum absolute atomic E-state index is 0.198. The molecule has 0 fully saturated rings. The third kappa shape index (κ3) is 3.42. The summed E-state index contributed by atoms with van der Waals surface area (Å²) in [4.78, 5) is 15.3. The molecule has 106 valence electrons. The van der Waals surface area contributed by atoms with Crippen molar-refractivity contribution in [2.75, 3.05) is 5.32 Å². The number of benzene rings is 1. The van der Waals surface area contributed by atoms with Crippen molar-refractivity contribution in [2.24, 2.45) is 0 Å². The predicted octanol–water partition coefficient (Wildman–Crippen LogP) is 3.27. The zero-order chi connectivity index (χ0) is 15.5. The van der Waals surface area contributed by atoms with Gasteiger partial charge in [-0.15, -0.1) is 0 Å². The van der Waals surface area contributed by atoms with Gasteiger partial charge in [-0.2, -0.15) is 9.65 Å². The van der Waals surface area contributed by atoms with E-state index < -0.39 is 17.3 Å². The number of hydrogen-bond donors (Lipinski definition) is 1. The van der Waals surface area contributed by atoms with Gasteiger partial charge in [0.25, 0.3) is 5.91 Å². The molecule has 1 aromatic carbocycles. The summed E-state index contributed by atoms with van der Waals surface area (Å²) >= 11 is 0. The van der Waals surface area contributed by atoms with E-state index in [0.717, 1.165) is 11.6 Å². The first kappa shape index (κ1) is 14.7. The third-order valence-electron chi connectivity index (χ3n) is 3.13. The highest BCUT2D eigenvalue weighted by molar-refractivity contribution is 6.04. The van der Waals surface area contributed by atoms with Gasteiger partial charge in [0.1, 0.15) is 0 Å². The summed E-state index contributed by atoms with van der Waals surface area (Å²) in [7, 11) is 0. The topological polar surface area (TPSA) is 65.8 Å². The quantitative estimate of drug-likeness (QED) is 0.879. The summed E-state index contributed by atoms with van der Waals surface area (Å²) < 4.78 is 13.0. The van der Waals surface area contributed by atoms with Crippen molar-refractivity contribution in [3.05, 3.63) is 59.7 Å². The van der Waals surface area contributed by atoms with Gasteiger partial charge in [-0.3, -0.25) is 4.79 Å². The number of halogens is 1. The molecule has 1 amide bonds. The van der Waals surface area contributed by atoms with Crippen LogP contribution < -0.4 is 5.32 Å². The average molecular weight is 283 g/mol. The number of carbonyl (C=O) groups excluding carboxylic acids is 1. The van der Waals surface area contributed by atoms with Crippen molar-refractivity contribution in [2.45, 2.75) is 19.3 Å². The van der Waals surface area contributed by atoms with Crippen molar-refractivity contribution in [1.82, 2.24) is 4.98 Å². The number of aromatic nitrogens is 1. The second-order valence-corrected chi connectivity index (χ2v) is 5.14. The molecule has 1 heterocycles. The number of amides is 1. The molecule has 1 N–H and O–H groups in total. The van der Waals surface area contributed by atoms with Gasteiger partial charge in [0.15, 0.2) is 0 Å². The smallest absolute Gasteiger partial charge is 0.255 e. The fourth-order valence-electron chi connectivity index (χ4n) is 1.78. The third-order valence-corrected chi connectivity index (χ3v) is 3.13. The second-order valence-electron chi connectivity index (χ2n) is 5.14. The molecule has 0 spiro atoms. The number of nitrogens with zero attached hydrogens (tertiary/aromatic N) is 2. The fourth-order valence-corrected chi connectivity index (χ4v) is 1.78. The van der Waals surface area contributed by atoms with E-state index in [1.54, 1.807) is 24.3 Å². The maximum absolute atomic E-state index is 13.0. The van der Waals surface area contributed by atoms with E-state index in [9.17, 15) is 9.18 Å². The molecule has 5 heteroatoms. The first-order valence-corrected chi connectivity index (χ1v) is 6.37. The lowest BCUT2D eigenvalue weighted by Gasteiger charge is -2.16. The maximum atomic E-state index is 13.0. The summed E-state index contributed by atoms with van der Waals surface area (Å²) in [6, 6.07) is 11.7. The van der Waals surface area contributed by atoms with Crippen molar-refractivity contribution >= 4 is 11.6 Å². The second kappa shape index (κ2) is 5.71. The summed E-state index contributed by atoms with van der Waals surface area (Å²) in [5.41, 5.74) is 1.05. The highest BCUT2D eigenvalue weighted by Crippen LogP contribution is 2.23. The zero-order valence-corrected chi connectivity index (χ0v) is 11.7. The Morgan fingerprint density at radius 3 is 2.52 bits per heavy atom. The largest absolute Gasteiger partial charge is 0.322 e. The number of nitriles is 1. The van der Waals surface area contributed by atoms with Gasteiger partial charge in [0.05, 0.1) is 11.5 Å². The fraction of sp³-hybridized carbons (Fsp3) is 0.188. The lowest BCUT2D eigenvalue weighted by atomic mass is 9.86. The van der Waals surface area contributed by atoms with Crippen LogP contribution in [0.15, 0.2) is 42.6 Å². The molecule has 0 aliphatic rings. The lowest BCUT2D eigenvalue weighted by molar-refractivity contribution is 0.102. The average Bonchev–Trinajstić information content (AvgIpc) is 2.48. The van der Waals surface area contributed by atoms with Crippen LogP contribution >= 0.6 is 0 Å². The van der Waals surface area contributed by atoms with Crippen LogP contribution in [0.4, 0.5) is 10.1 Å². The number of carbonyl (C=O) groups is 1. The number of anilines is 1. The molecule has 0 saturated carbocycles. The van der Waals surface area contributed by atoms with Crippen LogP contribution in [0.5, 0.6) is 0 Å². The Morgan fingerprint density at radius 2 is 1.95 bits per heavy atom. The lowest BCUT2D eigenvalue weighted by Crippen LogP contribution is -2.15. The molecule has 2 rings (SSSR count). The number of nitrogens with one attached hydrogen (secondary N) is 1. The first-order valence-electron chi connectivity index (χ1n) is 6.37. The van der Waals surface area contributed by atoms with E-state index >= 15 is 0 Å². The molecule has 1 aromatic heterocycles. The molecule has 2 aromatic rings. The highest BCUT2D eigenvalue weighted by Gasteiger charge is 2.19. The Labute approximate surface area is 122 Å². The van der Waals surface area contributed by atoms with E-state index in [4.69, 9.17) is 5.26 Å². The Morgan fingerprint density at radius 1 is 1.29 bits per heavy atom. The van der Waals surface area contributed by atoms with E-state index in [1.165, 1.54) is 12.3 Å². The number of hydrogen-bond acceptors (Lipinski definition) is 3. The Balaban J connectivity index is 2.14. The SMILES string of the molecule is CC(C)(C#N)c1ccc(NC(=O)c2ccnc(F)c2)cc1. The van der Waals surface area contributed by atoms with E-state index in [2.05, 4.69) is 16.4 Å². The molecule has 0 aliphatic heterocycles. The molecule has 21 heavy (non-hydrogen) atoms. The van der Waals surface area contributed by atoms with Crippen LogP contribution in [0.1, 0.15) is 29.8 Å². The Kier molecular flexibility index (Phi) is 3.99. The van der Waals surface area contributed by atoms with Crippen LogP contribution in [0, 0.1) is 17.3 Å². The van der Waals surface area contributed by atoms with Gasteiger partial charge in [0.2, 0.25) is 5.95 Å². The molecular formula is C16H14FN3O. The van der Waals surface area contributed by atoms with Crippen LogP contribution in [0.3, 0.4) is 0 Å². The molecule has 0 aliphatic carbocycles. The first-order chi connectivity index (χ1) is 9.92. The molecule has 4 nitrogen and oxygen atoms in total. The van der Waals surface area contributed by atoms with Gasteiger partial charge in [0, 0.05) is 23.5 Å². The normalized spacial score (nSPS) is 10.8. The number of pyridine rings is 1. The van der Waals surface area contributed by atoms with Crippen LogP contribution in [0.2, 0.25) is 0 Å². The molecule has 0 bridgehead atoms. The van der Waals surface area contributed by atoms with Gasteiger partial charge in [-0.25, -0.2) is 4.98 Å². The molecule has 0 atom stereocenters. The summed E-state index contributed by atoms with van der Waals surface area (Å²) in [6.07, 6.45) is 1.24. The van der Waals surface area contributed by atoms with Crippen LogP contribution in [-0.4, -0.2) is 10.9 Å². The summed E-state index contributed by atoms with van der Waals surface area (Å²) in [6.45, 7) is 3.64. The number of rotatable bonds is 3. The van der Waals surface area contributed by atoms with E-state index in [0.29, 0.717) is 5.69 Å². The molecular weight excluding hydrogens is 269 g/mol. The van der Waals surface area contributed by atoms with E-state index in [1.807, 2.05) is 13.8 Å². The zero-order valence-electron chi connectivity index (χ0n) is 11.7. The molecule has 0 radical (unpaired) electrons. The van der Waals surface area contributed by atoms with Crippen LogP contribution in [-0.2, 0) is 5.41 Å².